The third-order valence-corrected chi connectivity index (χ3v) is 2.82. The quantitative estimate of drug-likeness (QED) is 0.844. The predicted octanol–water partition coefficient (Wildman–Crippen LogP) is 2.00. The Morgan fingerprint density at radius 3 is 2.67 bits per heavy atom. The van der Waals surface area contributed by atoms with Crippen molar-refractivity contribution in [3.05, 3.63) is 24.0 Å². The number of nitrogens with one attached hydrogen (secondary N) is 1. The van der Waals surface area contributed by atoms with Crippen LogP contribution in [-0.2, 0) is 4.79 Å². The molecule has 1 amide bonds. The van der Waals surface area contributed by atoms with Crippen molar-refractivity contribution in [2.24, 2.45) is 17.6 Å². The third-order valence-electron chi connectivity index (χ3n) is 2.82. The molecule has 0 heterocycles. The van der Waals surface area contributed by atoms with Crippen LogP contribution >= 0.6 is 0 Å². The third kappa shape index (κ3) is 3.43. The summed E-state index contributed by atoms with van der Waals surface area (Å²) in [6, 6.07) is 3.97. The van der Waals surface area contributed by atoms with Crippen LogP contribution < -0.4 is 15.8 Å². The number of halogens is 1. The fraction of sp³-hybridized carbons (Fsp3) is 0.462. The Bertz CT molecular complexity index is 421. The second-order valence-corrected chi connectivity index (χ2v) is 4.42. The van der Waals surface area contributed by atoms with Gasteiger partial charge < -0.3 is 15.8 Å². The van der Waals surface area contributed by atoms with E-state index in [1.807, 2.05) is 13.8 Å². The van der Waals surface area contributed by atoms with E-state index in [1.54, 1.807) is 0 Å². The summed E-state index contributed by atoms with van der Waals surface area (Å²) in [5.74, 6) is -0.439. The van der Waals surface area contributed by atoms with Crippen molar-refractivity contribution >= 4 is 11.6 Å². The van der Waals surface area contributed by atoms with Crippen molar-refractivity contribution in [3.8, 4) is 5.75 Å². The number of rotatable bonds is 5. The monoisotopic (exact) mass is 254 g/mol. The minimum atomic E-state index is -0.413. The van der Waals surface area contributed by atoms with Gasteiger partial charge in [-0.15, -0.1) is 0 Å². The smallest absolute Gasteiger partial charge is 0.229 e. The molecular weight excluding hydrogens is 235 g/mol. The minimum Gasteiger partial charge on any atom is -0.494 e. The van der Waals surface area contributed by atoms with Crippen molar-refractivity contribution in [2.45, 2.75) is 13.8 Å². The first-order chi connectivity index (χ1) is 8.49. The van der Waals surface area contributed by atoms with E-state index in [-0.39, 0.29) is 24.3 Å². The normalized spacial score (nSPS) is 12.3. The van der Waals surface area contributed by atoms with E-state index in [9.17, 15) is 9.18 Å². The highest BCUT2D eigenvalue weighted by atomic mass is 19.1. The number of carbonyl (C=O) groups is 1. The Labute approximate surface area is 106 Å². The molecule has 0 aliphatic rings. The zero-order valence-corrected chi connectivity index (χ0v) is 10.9. The lowest BCUT2D eigenvalue weighted by Crippen LogP contribution is -2.33. The summed E-state index contributed by atoms with van der Waals surface area (Å²) in [7, 11) is 1.42. The summed E-state index contributed by atoms with van der Waals surface area (Å²) in [5.41, 5.74) is 6.02. The summed E-state index contributed by atoms with van der Waals surface area (Å²) < 4.78 is 18.0. The van der Waals surface area contributed by atoms with E-state index >= 15 is 0 Å². The van der Waals surface area contributed by atoms with Gasteiger partial charge in [0.05, 0.1) is 18.7 Å². The van der Waals surface area contributed by atoms with Gasteiger partial charge in [-0.05, 0) is 18.1 Å². The van der Waals surface area contributed by atoms with E-state index in [4.69, 9.17) is 10.5 Å². The molecule has 0 radical (unpaired) electrons. The number of benzene rings is 1. The van der Waals surface area contributed by atoms with Gasteiger partial charge >= 0.3 is 0 Å². The van der Waals surface area contributed by atoms with Crippen LogP contribution in [0.25, 0.3) is 0 Å². The summed E-state index contributed by atoms with van der Waals surface area (Å²) in [4.78, 5) is 12.0. The fourth-order valence-corrected chi connectivity index (χ4v) is 1.68. The molecule has 1 aromatic rings. The van der Waals surface area contributed by atoms with E-state index in [1.165, 1.54) is 25.3 Å². The van der Waals surface area contributed by atoms with Crippen LogP contribution in [0, 0.1) is 17.7 Å². The summed E-state index contributed by atoms with van der Waals surface area (Å²) in [6.45, 7) is 4.13. The molecule has 0 saturated heterocycles. The average molecular weight is 254 g/mol. The fourth-order valence-electron chi connectivity index (χ4n) is 1.68. The van der Waals surface area contributed by atoms with Crippen LogP contribution in [0.2, 0.25) is 0 Å². The molecule has 1 atom stereocenters. The highest BCUT2D eigenvalue weighted by Crippen LogP contribution is 2.26. The number of ether oxygens (including phenoxy) is 1. The van der Waals surface area contributed by atoms with Crippen LogP contribution in [-0.4, -0.2) is 19.6 Å². The summed E-state index contributed by atoms with van der Waals surface area (Å²) in [5, 5.41) is 2.71. The first-order valence-electron chi connectivity index (χ1n) is 5.84. The molecule has 18 heavy (non-hydrogen) atoms. The van der Waals surface area contributed by atoms with E-state index in [0.717, 1.165) is 0 Å². The molecule has 0 fully saturated rings. The Kier molecular flexibility index (Phi) is 5.09. The molecule has 0 spiro atoms. The van der Waals surface area contributed by atoms with Crippen molar-refractivity contribution < 1.29 is 13.9 Å². The first-order valence-corrected chi connectivity index (χ1v) is 5.84. The van der Waals surface area contributed by atoms with Gasteiger partial charge in [-0.25, -0.2) is 4.39 Å². The zero-order chi connectivity index (χ0) is 13.7. The molecule has 0 saturated carbocycles. The SMILES string of the molecule is COc1cc(F)ccc1NC(=O)C(CN)C(C)C. The standard InChI is InChI=1S/C13H19FN2O2/c1-8(2)10(7-15)13(17)16-11-5-4-9(14)6-12(11)18-3/h4-6,8,10H,7,15H2,1-3H3,(H,16,17). The van der Waals surface area contributed by atoms with Crippen LogP contribution in [0.1, 0.15) is 13.8 Å². The van der Waals surface area contributed by atoms with Crippen molar-refractivity contribution in [1.29, 1.82) is 0 Å². The molecule has 1 rings (SSSR count). The van der Waals surface area contributed by atoms with Gasteiger partial charge in [-0.3, -0.25) is 4.79 Å². The number of hydrogen-bond acceptors (Lipinski definition) is 3. The van der Waals surface area contributed by atoms with E-state index < -0.39 is 5.82 Å². The van der Waals surface area contributed by atoms with Gasteiger partial charge in [0.2, 0.25) is 5.91 Å². The van der Waals surface area contributed by atoms with Crippen LogP contribution in [0.15, 0.2) is 18.2 Å². The van der Waals surface area contributed by atoms with Gasteiger partial charge in [0.25, 0.3) is 0 Å². The van der Waals surface area contributed by atoms with Crippen molar-refractivity contribution in [3.63, 3.8) is 0 Å². The summed E-state index contributed by atoms with van der Waals surface area (Å²) in [6.07, 6.45) is 0. The van der Waals surface area contributed by atoms with Crippen LogP contribution in [0.5, 0.6) is 5.75 Å². The molecule has 0 aliphatic carbocycles. The number of methoxy groups -OCH3 is 1. The Morgan fingerprint density at radius 1 is 1.50 bits per heavy atom. The predicted molar refractivity (Wildman–Crippen MR) is 69.0 cm³/mol. The lowest BCUT2D eigenvalue weighted by molar-refractivity contribution is -0.120. The number of nitrogens with two attached hydrogens (primary N) is 1. The maximum atomic E-state index is 13.0. The van der Waals surface area contributed by atoms with Gasteiger partial charge in [-0.1, -0.05) is 13.8 Å². The molecular formula is C13H19FN2O2. The molecule has 4 nitrogen and oxygen atoms in total. The largest absolute Gasteiger partial charge is 0.494 e. The molecule has 0 aromatic heterocycles. The Hall–Kier alpha value is -1.62. The van der Waals surface area contributed by atoms with Gasteiger partial charge in [0.1, 0.15) is 11.6 Å². The van der Waals surface area contributed by atoms with E-state index in [0.29, 0.717) is 11.4 Å². The molecule has 3 N–H and O–H groups in total. The van der Waals surface area contributed by atoms with Gasteiger partial charge in [0, 0.05) is 12.6 Å². The number of amides is 1. The lowest BCUT2D eigenvalue weighted by Gasteiger charge is -2.19. The number of anilines is 1. The molecule has 1 unspecified atom stereocenters. The molecule has 0 aliphatic heterocycles. The lowest BCUT2D eigenvalue weighted by atomic mass is 9.95. The van der Waals surface area contributed by atoms with Crippen molar-refractivity contribution in [2.75, 3.05) is 19.0 Å². The zero-order valence-electron chi connectivity index (χ0n) is 10.9. The first kappa shape index (κ1) is 14.4. The topological polar surface area (TPSA) is 64.3 Å². The van der Waals surface area contributed by atoms with Crippen LogP contribution in [0.3, 0.4) is 0 Å². The second-order valence-electron chi connectivity index (χ2n) is 4.42. The molecule has 1 aromatic carbocycles. The maximum absolute atomic E-state index is 13.0. The molecule has 5 heteroatoms. The van der Waals surface area contributed by atoms with Gasteiger partial charge in [0.15, 0.2) is 0 Å². The van der Waals surface area contributed by atoms with Crippen molar-refractivity contribution in [1.82, 2.24) is 0 Å². The highest BCUT2D eigenvalue weighted by Gasteiger charge is 2.21. The average Bonchev–Trinajstić information content (AvgIpc) is 2.31. The maximum Gasteiger partial charge on any atom is 0.229 e. The molecule has 0 bridgehead atoms. The minimum absolute atomic E-state index is 0.140. The number of carbonyl (C=O) groups excluding carboxylic acids is 1. The second kappa shape index (κ2) is 6.35. The Morgan fingerprint density at radius 2 is 2.17 bits per heavy atom. The Balaban J connectivity index is 2.87. The number of hydrogen-bond donors (Lipinski definition) is 2. The summed E-state index contributed by atoms with van der Waals surface area (Å²) >= 11 is 0. The highest BCUT2D eigenvalue weighted by molar-refractivity contribution is 5.94. The van der Waals surface area contributed by atoms with E-state index in [2.05, 4.69) is 5.32 Å². The molecule has 100 valence electrons. The van der Waals surface area contributed by atoms with Gasteiger partial charge in [-0.2, -0.15) is 0 Å². The van der Waals surface area contributed by atoms with Crippen LogP contribution in [0.4, 0.5) is 10.1 Å².